The highest BCUT2D eigenvalue weighted by molar-refractivity contribution is 9.11. The van der Waals surface area contributed by atoms with Crippen LogP contribution in [0.5, 0.6) is 0 Å². The number of halogens is 2. The van der Waals surface area contributed by atoms with Crippen LogP contribution in [0.3, 0.4) is 0 Å². The largest absolute Gasteiger partial charge is 0.399 e. The molecular formula is C12H12Br2N4O2S. The number of benzene rings is 1. The molecule has 0 aliphatic carbocycles. The molecule has 2 aromatic rings. The Morgan fingerprint density at radius 2 is 1.90 bits per heavy atom. The molecule has 1 aromatic carbocycles. The highest BCUT2D eigenvalue weighted by Crippen LogP contribution is 2.32. The molecule has 0 bridgehead atoms. The Kier molecular flexibility index (Phi) is 4.97. The number of aryl methyl sites for hydroxylation is 1. The van der Waals surface area contributed by atoms with Crippen molar-refractivity contribution in [3.63, 3.8) is 0 Å². The molecule has 0 aliphatic heterocycles. The fraction of sp³-hybridized carbons (Fsp3) is 0.167. The summed E-state index contributed by atoms with van der Waals surface area (Å²) in [6, 6.07) is 4.73. The quantitative estimate of drug-likeness (QED) is 0.718. The second-order valence-corrected chi connectivity index (χ2v) is 7.65. The third-order valence-corrected chi connectivity index (χ3v) is 5.84. The van der Waals surface area contributed by atoms with Crippen molar-refractivity contribution in [3.8, 4) is 0 Å². The van der Waals surface area contributed by atoms with Gasteiger partial charge in [0.2, 0.25) is 10.0 Å². The van der Waals surface area contributed by atoms with E-state index in [9.17, 15) is 8.42 Å². The van der Waals surface area contributed by atoms with Crippen molar-refractivity contribution in [1.29, 1.82) is 0 Å². The third kappa shape index (κ3) is 4.00. The monoisotopic (exact) mass is 434 g/mol. The van der Waals surface area contributed by atoms with E-state index in [1.807, 2.05) is 0 Å². The predicted octanol–water partition coefficient (Wildman–Crippen LogP) is 2.37. The van der Waals surface area contributed by atoms with E-state index < -0.39 is 10.0 Å². The number of nitrogens with two attached hydrogens (primary N) is 1. The highest BCUT2D eigenvalue weighted by Gasteiger charge is 2.21. The summed E-state index contributed by atoms with van der Waals surface area (Å²) in [5, 5.41) is 0. The zero-order chi connectivity index (χ0) is 15.6. The molecule has 1 heterocycles. The van der Waals surface area contributed by atoms with Crippen molar-refractivity contribution < 1.29 is 8.42 Å². The molecule has 0 saturated carbocycles. The number of rotatable bonds is 4. The summed E-state index contributed by atoms with van der Waals surface area (Å²) in [6.07, 6.45) is 1.58. The van der Waals surface area contributed by atoms with Crippen LogP contribution in [0.25, 0.3) is 0 Å². The molecule has 0 atom stereocenters. The Hall–Kier alpha value is -1.03. The molecular weight excluding hydrogens is 424 g/mol. The average molecular weight is 436 g/mol. The first-order valence-corrected chi connectivity index (χ1v) is 8.89. The smallest absolute Gasteiger partial charge is 0.243 e. The Labute approximate surface area is 139 Å². The standard InChI is InChI=1S/C12H12Br2N4O2S/c1-7-16-3-2-9(18-7)6-17-21(19,20)12-10(13)4-8(15)5-11(12)14/h2-5,17H,6,15H2,1H3. The number of sulfonamides is 1. The normalized spacial score (nSPS) is 11.6. The number of nitrogen functional groups attached to an aromatic ring is 1. The van der Waals surface area contributed by atoms with Gasteiger partial charge in [-0.15, -0.1) is 0 Å². The van der Waals surface area contributed by atoms with Crippen molar-refractivity contribution in [3.05, 3.63) is 44.9 Å². The van der Waals surface area contributed by atoms with Gasteiger partial charge in [-0.25, -0.2) is 23.1 Å². The molecule has 2 rings (SSSR count). The van der Waals surface area contributed by atoms with Gasteiger partial charge in [0.15, 0.2) is 0 Å². The summed E-state index contributed by atoms with van der Waals surface area (Å²) in [4.78, 5) is 8.21. The van der Waals surface area contributed by atoms with E-state index >= 15 is 0 Å². The van der Waals surface area contributed by atoms with Crippen LogP contribution in [0.2, 0.25) is 0 Å². The molecule has 0 radical (unpaired) electrons. The van der Waals surface area contributed by atoms with Gasteiger partial charge in [0.1, 0.15) is 10.7 Å². The molecule has 112 valence electrons. The zero-order valence-corrected chi connectivity index (χ0v) is 15.0. The van der Waals surface area contributed by atoms with Gasteiger partial charge in [0.25, 0.3) is 0 Å². The highest BCUT2D eigenvalue weighted by atomic mass is 79.9. The minimum Gasteiger partial charge on any atom is -0.399 e. The minimum absolute atomic E-state index is 0.0783. The lowest BCUT2D eigenvalue weighted by molar-refractivity contribution is 0.579. The maximum Gasteiger partial charge on any atom is 0.243 e. The van der Waals surface area contributed by atoms with Crippen molar-refractivity contribution in [2.75, 3.05) is 5.73 Å². The SMILES string of the molecule is Cc1nccc(CNS(=O)(=O)c2c(Br)cc(N)cc2Br)n1. The lowest BCUT2D eigenvalue weighted by Gasteiger charge is -2.11. The van der Waals surface area contributed by atoms with Crippen LogP contribution in [-0.4, -0.2) is 18.4 Å². The second kappa shape index (κ2) is 6.39. The molecule has 0 spiro atoms. The molecule has 21 heavy (non-hydrogen) atoms. The second-order valence-electron chi connectivity index (χ2n) is 4.23. The predicted molar refractivity (Wildman–Crippen MR) is 87.0 cm³/mol. The van der Waals surface area contributed by atoms with Gasteiger partial charge >= 0.3 is 0 Å². The minimum atomic E-state index is -3.71. The number of nitrogens with one attached hydrogen (secondary N) is 1. The summed E-state index contributed by atoms with van der Waals surface area (Å²) in [5.74, 6) is 0.585. The van der Waals surface area contributed by atoms with E-state index in [0.29, 0.717) is 26.2 Å². The summed E-state index contributed by atoms with van der Waals surface area (Å²) < 4.78 is 28.1. The van der Waals surface area contributed by atoms with Gasteiger partial charge in [-0.2, -0.15) is 0 Å². The van der Waals surface area contributed by atoms with Gasteiger partial charge in [0, 0.05) is 20.8 Å². The molecule has 0 amide bonds. The third-order valence-electron chi connectivity index (χ3n) is 2.57. The summed E-state index contributed by atoms with van der Waals surface area (Å²) in [7, 11) is -3.71. The topological polar surface area (TPSA) is 98.0 Å². The van der Waals surface area contributed by atoms with E-state index in [2.05, 4.69) is 46.5 Å². The van der Waals surface area contributed by atoms with Gasteiger partial charge < -0.3 is 5.73 Å². The van der Waals surface area contributed by atoms with Crippen LogP contribution in [-0.2, 0) is 16.6 Å². The molecule has 0 fully saturated rings. The molecule has 6 nitrogen and oxygen atoms in total. The lowest BCUT2D eigenvalue weighted by Crippen LogP contribution is -2.24. The fourth-order valence-electron chi connectivity index (χ4n) is 1.68. The Bertz CT molecular complexity index is 758. The van der Waals surface area contributed by atoms with Crippen molar-refractivity contribution in [1.82, 2.24) is 14.7 Å². The number of aromatic nitrogens is 2. The van der Waals surface area contributed by atoms with Crippen LogP contribution in [0.1, 0.15) is 11.5 Å². The van der Waals surface area contributed by atoms with E-state index in [4.69, 9.17) is 5.73 Å². The number of hydrogen-bond donors (Lipinski definition) is 2. The first kappa shape index (κ1) is 16.3. The maximum atomic E-state index is 12.4. The van der Waals surface area contributed by atoms with Gasteiger partial charge in [-0.3, -0.25) is 0 Å². The van der Waals surface area contributed by atoms with Crippen LogP contribution < -0.4 is 10.5 Å². The molecule has 9 heteroatoms. The van der Waals surface area contributed by atoms with Crippen molar-refractivity contribution in [2.24, 2.45) is 0 Å². The van der Waals surface area contributed by atoms with Gasteiger partial charge in [-0.05, 0) is 57.0 Å². The molecule has 0 aliphatic rings. The summed E-state index contributed by atoms with van der Waals surface area (Å²) in [5.41, 5.74) is 6.71. The Morgan fingerprint density at radius 3 is 2.48 bits per heavy atom. The van der Waals surface area contributed by atoms with Gasteiger partial charge in [-0.1, -0.05) is 0 Å². The van der Waals surface area contributed by atoms with E-state index in [1.165, 1.54) is 12.1 Å². The number of hydrogen-bond acceptors (Lipinski definition) is 5. The Balaban J connectivity index is 2.27. The van der Waals surface area contributed by atoms with Gasteiger partial charge in [0.05, 0.1) is 12.2 Å². The van der Waals surface area contributed by atoms with Crippen molar-refractivity contribution >= 4 is 47.6 Å². The average Bonchev–Trinajstić information content (AvgIpc) is 2.35. The van der Waals surface area contributed by atoms with E-state index in [1.54, 1.807) is 19.2 Å². The molecule has 0 saturated heterocycles. The summed E-state index contributed by atoms with van der Waals surface area (Å²) >= 11 is 6.43. The van der Waals surface area contributed by atoms with Crippen LogP contribution >= 0.6 is 31.9 Å². The molecule has 3 N–H and O–H groups in total. The zero-order valence-electron chi connectivity index (χ0n) is 11.0. The maximum absolute atomic E-state index is 12.4. The lowest BCUT2D eigenvalue weighted by atomic mass is 10.3. The molecule has 1 aromatic heterocycles. The molecule has 0 unspecified atom stereocenters. The van der Waals surface area contributed by atoms with Crippen LogP contribution in [0.4, 0.5) is 5.69 Å². The van der Waals surface area contributed by atoms with E-state index in [0.717, 1.165) is 0 Å². The Morgan fingerprint density at radius 1 is 1.29 bits per heavy atom. The van der Waals surface area contributed by atoms with Crippen molar-refractivity contribution in [2.45, 2.75) is 18.4 Å². The summed E-state index contributed by atoms with van der Waals surface area (Å²) in [6.45, 7) is 1.82. The fourth-order valence-corrected chi connectivity index (χ4v) is 5.29. The first-order chi connectivity index (χ1) is 9.79. The van der Waals surface area contributed by atoms with Crippen LogP contribution in [0, 0.1) is 6.92 Å². The first-order valence-electron chi connectivity index (χ1n) is 5.82. The van der Waals surface area contributed by atoms with Crippen LogP contribution in [0.15, 0.2) is 38.2 Å². The number of nitrogens with zero attached hydrogens (tertiary/aromatic N) is 2. The number of anilines is 1. The van der Waals surface area contributed by atoms with E-state index in [-0.39, 0.29) is 11.4 Å².